The molecule has 0 radical (unpaired) electrons. The van der Waals surface area contributed by atoms with E-state index in [-0.39, 0.29) is 0 Å². The minimum absolute atomic E-state index is 0.407. The molecule has 1 aliphatic heterocycles. The molecule has 0 unspecified atom stereocenters. The zero-order valence-corrected chi connectivity index (χ0v) is 18.9. The number of pyridine rings is 1. The van der Waals surface area contributed by atoms with Gasteiger partial charge in [-0.1, -0.05) is 13.0 Å². The van der Waals surface area contributed by atoms with Crippen molar-refractivity contribution >= 4 is 10.9 Å². The molecule has 7 nitrogen and oxygen atoms in total. The third-order valence-electron chi connectivity index (χ3n) is 6.62. The van der Waals surface area contributed by atoms with E-state index in [1.807, 2.05) is 41.4 Å². The Hall–Kier alpha value is -3.10. The second-order valence-corrected chi connectivity index (χ2v) is 9.00. The van der Waals surface area contributed by atoms with Crippen LogP contribution in [-0.4, -0.2) is 80.0 Å². The summed E-state index contributed by atoms with van der Waals surface area (Å²) >= 11 is 0. The van der Waals surface area contributed by atoms with Crippen LogP contribution in [0.5, 0.6) is 0 Å². The van der Waals surface area contributed by atoms with E-state index in [0.29, 0.717) is 18.9 Å². The molecule has 3 aromatic heterocycles. The van der Waals surface area contributed by atoms with Crippen molar-refractivity contribution in [3.05, 3.63) is 72.7 Å². The summed E-state index contributed by atoms with van der Waals surface area (Å²) in [6, 6.07) is 10.2. The van der Waals surface area contributed by atoms with Gasteiger partial charge >= 0.3 is 0 Å². The van der Waals surface area contributed by atoms with Gasteiger partial charge in [0.15, 0.2) is 0 Å². The fourth-order valence-electron chi connectivity index (χ4n) is 4.73. The third-order valence-corrected chi connectivity index (χ3v) is 6.62. The molecule has 2 atom stereocenters. The molecule has 0 bridgehead atoms. The fourth-order valence-corrected chi connectivity index (χ4v) is 4.73. The number of rotatable bonds is 8. The molecule has 1 fully saturated rings. The SMILES string of the molecule is C[C@@H](CN1CCN(C[C@@H](F)Cc2c[nH]c3ccc(-n4cnnc4)cc23)CC1)c1cccnc1. The van der Waals surface area contributed by atoms with Crippen LogP contribution in [0.3, 0.4) is 0 Å². The van der Waals surface area contributed by atoms with Crippen LogP contribution in [0, 0.1) is 0 Å². The van der Waals surface area contributed by atoms with E-state index in [1.54, 1.807) is 12.7 Å². The number of hydrogen-bond donors (Lipinski definition) is 1. The number of alkyl halides is 1. The number of fused-ring (bicyclic) bond motifs is 1. The largest absolute Gasteiger partial charge is 0.361 e. The van der Waals surface area contributed by atoms with Crippen LogP contribution in [0.15, 0.2) is 61.6 Å². The van der Waals surface area contributed by atoms with Gasteiger partial charge < -0.3 is 9.88 Å². The third kappa shape index (κ3) is 5.12. The van der Waals surface area contributed by atoms with Crippen molar-refractivity contribution in [1.29, 1.82) is 0 Å². The molecule has 5 rings (SSSR count). The molecule has 0 amide bonds. The van der Waals surface area contributed by atoms with Gasteiger partial charge in [0, 0.05) is 80.9 Å². The summed E-state index contributed by atoms with van der Waals surface area (Å²) in [7, 11) is 0. The number of hydrogen-bond acceptors (Lipinski definition) is 5. The first-order valence-corrected chi connectivity index (χ1v) is 11.6. The number of nitrogens with zero attached hydrogens (tertiary/aromatic N) is 6. The van der Waals surface area contributed by atoms with Crippen LogP contribution in [0.2, 0.25) is 0 Å². The number of nitrogens with one attached hydrogen (secondary N) is 1. The summed E-state index contributed by atoms with van der Waals surface area (Å²) in [5, 5.41) is 8.80. The number of aromatic nitrogens is 5. The van der Waals surface area contributed by atoms with Crippen molar-refractivity contribution in [2.45, 2.75) is 25.4 Å². The van der Waals surface area contributed by atoms with Gasteiger partial charge in [-0.2, -0.15) is 0 Å². The zero-order valence-electron chi connectivity index (χ0n) is 18.9. The van der Waals surface area contributed by atoms with Crippen molar-refractivity contribution < 1.29 is 4.39 Å². The highest BCUT2D eigenvalue weighted by molar-refractivity contribution is 5.85. The highest BCUT2D eigenvalue weighted by Crippen LogP contribution is 2.24. The van der Waals surface area contributed by atoms with E-state index < -0.39 is 6.17 Å². The summed E-state index contributed by atoms with van der Waals surface area (Å²) in [5.74, 6) is 0.448. The fraction of sp³-hybridized carbons (Fsp3) is 0.400. The van der Waals surface area contributed by atoms with Crippen molar-refractivity contribution in [1.82, 2.24) is 34.5 Å². The monoisotopic (exact) mass is 447 g/mol. The first-order chi connectivity index (χ1) is 16.2. The summed E-state index contributed by atoms with van der Waals surface area (Å²) in [6.45, 7) is 7.51. The van der Waals surface area contributed by atoms with E-state index in [9.17, 15) is 0 Å². The van der Waals surface area contributed by atoms with Crippen LogP contribution in [0.4, 0.5) is 4.39 Å². The van der Waals surface area contributed by atoms with Crippen LogP contribution < -0.4 is 0 Å². The maximum absolute atomic E-state index is 15.1. The number of piperazine rings is 1. The second-order valence-electron chi connectivity index (χ2n) is 9.00. The topological polar surface area (TPSA) is 65.9 Å². The molecule has 0 saturated carbocycles. The van der Waals surface area contributed by atoms with Crippen molar-refractivity contribution in [3.63, 3.8) is 0 Å². The standard InChI is InChI=1S/C25H30FN7/c1-19(20-3-2-6-27-13-20)15-31-7-9-32(10-8-31)16-22(26)11-21-14-28-25-5-4-23(12-24(21)25)33-17-29-30-18-33/h2-6,12-14,17-19,22,28H,7-11,15-16H2,1H3/t19-,22-/m0/s1. The molecule has 0 aliphatic carbocycles. The molecule has 8 heteroatoms. The second kappa shape index (κ2) is 9.80. The van der Waals surface area contributed by atoms with E-state index in [0.717, 1.165) is 54.9 Å². The van der Waals surface area contributed by atoms with Crippen molar-refractivity contribution in [2.24, 2.45) is 0 Å². The van der Waals surface area contributed by atoms with Crippen LogP contribution in [0.25, 0.3) is 16.6 Å². The highest BCUT2D eigenvalue weighted by atomic mass is 19.1. The predicted molar refractivity (Wildman–Crippen MR) is 127 cm³/mol. The molecular formula is C25H30FN7. The molecule has 33 heavy (non-hydrogen) atoms. The number of halogens is 1. The van der Waals surface area contributed by atoms with Gasteiger partial charge in [0.25, 0.3) is 0 Å². The zero-order chi connectivity index (χ0) is 22.6. The van der Waals surface area contributed by atoms with Gasteiger partial charge in [0.2, 0.25) is 0 Å². The lowest BCUT2D eigenvalue weighted by atomic mass is 10.0. The molecule has 4 aromatic rings. The predicted octanol–water partition coefficient (Wildman–Crippen LogP) is 3.45. The Morgan fingerprint density at radius 1 is 1.03 bits per heavy atom. The van der Waals surface area contributed by atoms with Gasteiger partial charge in [-0.3, -0.25) is 14.5 Å². The smallest absolute Gasteiger partial charge is 0.123 e. The van der Waals surface area contributed by atoms with Gasteiger partial charge in [-0.15, -0.1) is 10.2 Å². The quantitative estimate of drug-likeness (QED) is 0.448. The number of H-pyrrole nitrogens is 1. The van der Waals surface area contributed by atoms with Gasteiger partial charge in [-0.25, -0.2) is 4.39 Å². The first-order valence-electron chi connectivity index (χ1n) is 11.6. The number of benzene rings is 1. The Bertz CT molecular complexity index is 1150. The molecule has 1 saturated heterocycles. The summed E-state index contributed by atoms with van der Waals surface area (Å²) < 4.78 is 16.9. The van der Waals surface area contributed by atoms with Gasteiger partial charge in [0.1, 0.15) is 18.8 Å². The average molecular weight is 448 g/mol. The Morgan fingerprint density at radius 2 is 1.79 bits per heavy atom. The van der Waals surface area contributed by atoms with E-state index >= 15 is 4.39 Å². The Balaban J connectivity index is 1.14. The summed E-state index contributed by atoms with van der Waals surface area (Å²) in [4.78, 5) is 12.2. The minimum Gasteiger partial charge on any atom is -0.361 e. The molecule has 1 N–H and O–H groups in total. The molecule has 0 spiro atoms. The molecule has 1 aliphatic rings. The Labute approximate surface area is 193 Å². The van der Waals surface area contributed by atoms with Crippen LogP contribution >= 0.6 is 0 Å². The molecular weight excluding hydrogens is 417 g/mol. The van der Waals surface area contributed by atoms with Crippen molar-refractivity contribution in [3.8, 4) is 5.69 Å². The summed E-state index contributed by atoms with van der Waals surface area (Å²) in [6.07, 6.45) is 8.55. The van der Waals surface area contributed by atoms with E-state index in [2.05, 4.69) is 49.0 Å². The normalized spacial score (nSPS) is 17.4. The lowest BCUT2D eigenvalue weighted by molar-refractivity contribution is 0.104. The average Bonchev–Trinajstić information content (AvgIpc) is 3.51. The lowest BCUT2D eigenvalue weighted by Gasteiger charge is -2.36. The van der Waals surface area contributed by atoms with Gasteiger partial charge in [-0.05, 0) is 41.3 Å². The minimum atomic E-state index is -0.900. The Kier molecular flexibility index (Phi) is 6.46. The van der Waals surface area contributed by atoms with E-state index in [1.165, 1.54) is 5.56 Å². The molecule has 4 heterocycles. The lowest BCUT2D eigenvalue weighted by Crippen LogP contribution is -2.49. The van der Waals surface area contributed by atoms with Crippen LogP contribution in [-0.2, 0) is 6.42 Å². The Morgan fingerprint density at radius 3 is 2.52 bits per heavy atom. The summed E-state index contributed by atoms with van der Waals surface area (Å²) in [5.41, 5.74) is 4.28. The maximum Gasteiger partial charge on any atom is 0.123 e. The molecule has 1 aromatic carbocycles. The number of aromatic amines is 1. The maximum atomic E-state index is 15.1. The molecule has 172 valence electrons. The highest BCUT2D eigenvalue weighted by Gasteiger charge is 2.22. The van der Waals surface area contributed by atoms with Crippen molar-refractivity contribution in [2.75, 3.05) is 39.3 Å². The van der Waals surface area contributed by atoms with Crippen LogP contribution in [0.1, 0.15) is 24.0 Å². The van der Waals surface area contributed by atoms with E-state index in [4.69, 9.17) is 0 Å². The van der Waals surface area contributed by atoms with Gasteiger partial charge in [0.05, 0.1) is 0 Å². The first kappa shape index (κ1) is 21.7.